The summed E-state index contributed by atoms with van der Waals surface area (Å²) >= 11 is 9.35. The third kappa shape index (κ3) is 3.79. The fourth-order valence-corrected chi connectivity index (χ4v) is 5.40. The van der Waals surface area contributed by atoms with Crippen LogP contribution in [0.1, 0.15) is 61.5 Å². The van der Waals surface area contributed by atoms with E-state index in [4.69, 9.17) is 12.2 Å². The van der Waals surface area contributed by atoms with Crippen molar-refractivity contribution in [2.24, 2.45) is 0 Å². The first-order chi connectivity index (χ1) is 14.7. The quantitative estimate of drug-likeness (QED) is 0.442. The number of hydrogen-bond donors (Lipinski definition) is 1. The minimum atomic E-state index is 0.00422. The fourth-order valence-electron chi connectivity index (χ4n) is 4.79. The van der Waals surface area contributed by atoms with E-state index in [2.05, 4.69) is 84.5 Å². The second-order valence-electron chi connectivity index (χ2n) is 8.16. The van der Waals surface area contributed by atoms with Gasteiger partial charge < -0.3 is 14.8 Å². The second kappa shape index (κ2) is 8.52. The van der Waals surface area contributed by atoms with Gasteiger partial charge in [-0.25, -0.2) is 0 Å². The smallest absolute Gasteiger partial charge is 0.174 e. The highest BCUT2D eigenvalue weighted by Gasteiger charge is 2.41. The summed E-state index contributed by atoms with van der Waals surface area (Å²) in [4.78, 5) is 6.88. The first-order valence-corrected chi connectivity index (χ1v) is 11.8. The van der Waals surface area contributed by atoms with Crippen molar-refractivity contribution in [3.8, 4) is 0 Å². The Morgan fingerprint density at radius 1 is 1.00 bits per heavy atom. The summed E-state index contributed by atoms with van der Waals surface area (Å²) in [6, 6.07) is 17.4. The van der Waals surface area contributed by atoms with E-state index in [9.17, 15) is 0 Å². The van der Waals surface area contributed by atoms with Crippen molar-refractivity contribution >= 4 is 38.9 Å². The lowest BCUT2D eigenvalue weighted by atomic mass is 9.95. The van der Waals surface area contributed by atoms with Gasteiger partial charge in [-0.3, -0.25) is 4.98 Å². The van der Waals surface area contributed by atoms with Gasteiger partial charge >= 0.3 is 0 Å². The Morgan fingerprint density at radius 2 is 1.80 bits per heavy atom. The number of nitrogens with zero attached hydrogens (tertiary/aromatic N) is 3. The summed E-state index contributed by atoms with van der Waals surface area (Å²) in [7, 11) is 0. The first kappa shape index (κ1) is 19.8. The molecule has 1 N–H and O–H groups in total. The maximum atomic E-state index is 5.81. The van der Waals surface area contributed by atoms with Crippen molar-refractivity contribution in [1.82, 2.24) is 14.9 Å². The van der Waals surface area contributed by atoms with Crippen LogP contribution < -0.4 is 10.2 Å². The molecule has 0 amide bonds. The number of hydrogen-bond acceptors (Lipinski definition) is 2. The van der Waals surface area contributed by atoms with Gasteiger partial charge in [-0.1, -0.05) is 41.3 Å². The van der Waals surface area contributed by atoms with Crippen LogP contribution in [0.3, 0.4) is 0 Å². The van der Waals surface area contributed by atoms with Gasteiger partial charge in [0, 0.05) is 34.8 Å². The molecule has 1 saturated heterocycles. The van der Waals surface area contributed by atoms with Crippen molar-refractivity contribution in [2.45, 2.75) is 50.2 Å². The molecule has 2 fully saturated rings. The number of benzene rings is 1. The van der Waals surface area contributed by atoms with E-state index in [-0.39, 0.29) is 12.1 Å². The first-order valence-electron chi connectivity index (χ1n) is 10.6. The van der Waals surface area contributed by atoms with Crippen LogP contribution in [-0.2, 0) is 0 Å². The highest BCUT2D eigenvalue weighted by Crippen LogP contribution is 2.42. The third-order valence-electron chi connectivity index (χ3n) is 6.28. The van der Waals surface area contributed by atoms with Crippen LogP contribution in [0.2, 0.25) is 0 Å². The van der Waals surface area contributed by atoms with E-state index in [0.717, 1.165) is 21.0 Å². The van der Waals surface area contributed by atoms with E-state index in [1.54, 1.807) is 0 Å². The van der Waals surface area contributed by atoms with Gasteiger partial charge in [0.2, 0.25) is 0 Å². The zero-order valence-corrected chi connectivity index (χ0v) is 19.1. The van der Waals surface area contributed by atoms with Crippen LogP contribution >= 0.6 is 28.1 Å². The molecule has 0 radical (unpaired) electrons. The summed E-state index contributed by atoms with van der Waals surface area (Å²) in [6.45, 7) is 0. The van der Waals surface area contributed by atoms with Crippen molar-refractivity contribution in [1.29, 1.82) is 0 Å². The van der Waals surface area contributed by atoms with E-state index in [1.807, 2.05) is 18.3 Å². The highest BCUT2D eigenvalue weighted by atomic mass is 79.9. The molecule has 6 heteroatoms. The average Bonchev–Trinajstić information content (AvgIpc) is 3.40. The summed E-state index contributed by atoms with van der Waals surface area (Å²) in [6.07, 6.45) is 13.0. The maximum Gasteiger partial charge on any atom is 0.174 e. The second-order valence-corrected chi connectivity index (χ2v) is 9.46. The van der Waals surface area contributed by atoms with Crippen LogP contribution in [0.4, 0.5) is 5.69 Å². The van der Waals surface area contributed by atoms with Crippen LogP contribution in [0, 0.1) is 0 Å². The summed E-state index contributed by atoms with van der Waals surface area (Å²) in [5, 5.41) is 4.28. The lowest BCUT2D eigenvalue weighted by Crippen LogP contribution is -2.29. The van der Waals surface area contributed by atoms with Crippen LogP contribution in [0.25, 0.3) is 0 Å². The van der Waals surface area contributed by atoms with Gasteiger partial charge in [0.15, 0.2) is 5.11 Å². The molecule has 2 aliphatic rings. The fraction of sp³-hybridized carbons (Fsp3) is 0.333. The molecule has 1 saturated carbocycles. The number of anilines is 1. The van der Waals surface area contributed by atoms with E-state index in [0.29, 0.717) is 6.04 Å². The monoisotopic (exact) mass is 480 g/mol. The minimum Gasteiger partial charge on any atom is -0.351 e. The zero-order chi connectivity index (χ0) is 20.5. The van der Waals surface area contributed by atoms with Crippen molar-refractivity contribution in [2.75, 3.05) is 4.90 Å². The predicted octanol–water partition coefficient (Wildman–Crippen LogP) is 6.33. The Morgan fingerprint density at radius 3 is 2.53 bits per heavy atom. The van der Waals surface area contributed by atoms with Crippen molar-refractivity contribution in [3.63, 3.8) is 0 Å². The molecule has 4 nitrogen and oxygen atoms in total. The number of pyridine rings is 1. The van der Waals surface area contributed by atoms with Gasteiger partial charge in [0.1, 0.15) is 0 Å². The van der Waals surface area contributed by atoms with Gasteiger partial charge in [-0.2, -0.15) is 0 Å². The van der Waals surface area contributed by atoms with Crippen molar-refractivity contribution in [3.05, 3.63) is 82.9 Å². The van der Waals surface area contributed by atoms with Crippen molar-refractivity contribution < 1.29 is 0 Å². The maximum absolute atomic E-state index is 5.81. The number of nitrogens with one attached hydrogen (secondary N) is 1. The Hall–Kier alpha value is -2.18. The molecule has 0 spiro atoms. The predicted molar refractivity (Wildman–Crippen MR) is 129 cm³/mol. The number of halogens is 1. The molecule has 1 aliphatic carbocycles. The number of aromatic nitrogens is 2. The molecule has 0 unspecified atom stereocenters. The van der Waals surface area contributed by atoms with E-state index in [1.165, 1.54) is 37.7 Å². The van der Waals surface area contributed by atoms with E-state index >= 15 is 0 Å². The highest BCUT2D eigenvalue weighted by molar-refractivity contribution is 9.10. The van der Waals surface area contributed by atoms with Crippen LogP contribution in [0.15, 0.2) is 71.6 Å². The Labute approximate surface area is 191 Å². The van der Waals surface area contributed by atoms with Gasteiger partial charge in [-0.15, -0.1) is 0 Å². The Kier molecular flexibility index (Phi) is 5.61. The van der Waals surface area contributed by atoms with Crippen LogP contribution in [0.5, 0.6) is 0 Å². The van der Waals surface area contributed by atoms with Crippen LogP contribution in [-0.4, -0.2) is 14.7 Å². The van der Waals surface area contributed by atoms with E-state index < -0.39 is 0 Å². The molecule has 3 aromatic rings. The lowest BCUT2D eigenvalue weighted by molar-refractivity contribution is 0.353. The van der Waals surface area contributed by atoms with Gasteiger partial charge in [-0.05, 0) is 73.1 Å². The molecule has 1 aliphatic heterocycles. The topological polar surface area (TPSA) is 33.1 Å². The molecule has 2 aromatic heterocycles. The standard InChI is InChI=1S/C24H25BrN4S/c25-18-9-11-20(12-10-18)29-23(22(27-24(29)30)21-8-4-5-14-26-21)17-13-15-28(16-17)19-6-2-1-3-7-19/h4-5,8-16,19,22-23H,1-3,6-7H2,(H,27,30)/t22-,23+/m0/s1. The SMILES string of the molecule is S=C1N[C@@H](c2ccccn2)[C@@H](c2ccn(C3CCCCC3)c2)N1c1ccc(Br)cc1. The summed E-state index contributed by atoms with van der Waals surface area (Å²) in [5.41, 5.74) is 3.37. The number of thiocarbonyl (C=S) groups is 1. The molecule has 154 valence electrons. The minimum absolute atomic E-state index is 0.00422. The molecule has 0 bridgehead atoms. The lowest BCUT2D eigenvalue weighted by Gasteiger charge is -2.28. The Bertz CT molecular complexity index is 1010. The zero-order valence-electron chi connectivity index (χ0n) is 16.7. The largest absolute Gasteiger partial charge is 0.351 e. The molecule has 5 rings (SSSR count). The Balaban J connectivity index is 1.54. The molecule has 30 heavy (non-hydrogen) atoms. The summed E-state index contributed by atoms with van der Waals surface area (Å²) < 4.78 is 3.48. The third-order valence-corrected chi connectivity index (χ3v) is 7.12. The van der Waals surface area contributed by atoms with Gasteiger partial charge in [0.05, 0.1) is 17.8 Å². The molecular formula is C24H25BrN4S. The summed E-state index contributed by atoms with van der Waals surface area (Å²) in [5.74, 6) is 0. The number of rotatable bonds is 4. The van der Waals surface area contributed by atoms with Gasteiger partial charge in [0.25, 0.3) is 0 Å². The molecule has 3 heterocycles. The average molecular weight is 481 g/mol. The molecular weight excluding hydrogens is 456 g/mol. The molecule has 1 aromatic carbocycles. The normalized spacial score (nSPS) is 22.3. The molecule has 2 atom stereocenters.